The summed E-state index contributed by atoms with van der Waals surface area (Å²) in [7, 11) is 4.00. The number of pyridine rings is 1. The van der Waals surface area contributed by atoms with Gasteiger partial charge in [-0.15, -0.1) is 0 Å². The molecule has 0 unspecified atom stereocenters. The standard InChI is InChI=1S/C7H11N2.HI/c1-8(2)9-6-4-3-5-7-9;/h3-7H,1-2H3;1H/q+1;/p-1. The van der Waals surface area contributed by atoms with Crippen molar-refractivity contribution in [3.8, 4) is 0 Å². The second-order valence-electron chi connectivity index (χ2n) is 2.10. The average Bonchev–Trinajstić information content (AvgIpc) is 1.90. The van der Waals surface area contributed by atoms with Gasteiger partial charge in [0.05, 0.1) is 14.1 Å². The molecule has 0 aliphatic carbocycles. The van der Waals surface area contributed by atoms with E-state index in [9.17, 15) is 0 Å². The van der Waals surface area contributed by atoms with Crippen LogP contribution in [0, 0.1) is 0 Å². The van der Waals surface area contributed by atoms with Gasteiger partial charge in [-0.05, 0) is 0 Å². The predicted molar refractivity (Wildman–Crippen MR) is 36.7 cm³/mol. The second kappa shape index (κ2) is 4.49. The lowest BCUT2D eigenvalue weighted by molar-refractivity contribution is -0.687. The van der Waals surface area contributed by atoms with Crippen molar-refractivity contribution in [1.82, 2.24) is 0 Å². The molecule has 10 heavy (non-hydrogen) atoms. The van der Waals surface area contributed by atoms with Gasteiger partial charge in [0.25, 0.3) is 0 Å². The van der Waals surface area contributed by atoms with Crippen LogP contribution in [-0.2, 0) is 0 Å². The fraction of sp³-hybridized carbons (Fsp3) is 0.286. The van der Waals surface area contributed by atoms with E-state index in [1.54, 1.807) is 0 Å². The van der Waals surface area contributed by atoms with E-state index in [4.69, 9.17) is 0 Å². The number of hydrogen-bond acceptors (Lipinski definition) is 1. The van der Waals surface area contributed by atoms with Crippen molar-refractivity contribution < 1.29 is 28.7 Å². The molecule has 56 valence electrons. The number of nitrogens with zero attached hydrogens (tertiary/aromatic N) is 2. The van der Waals surface area contributed by atoms with Gasteiger partial charge in [-0.1, -0.05) is 10.7 Å². The van der Waals surface area contributed by atoms with Crippen LogP contribution in [0.15, 0.2) is 30.6 Å². The summed E-state index contributed by atoms with van der Waals surface area (Å²) in [5.41, 5.74) is 0. The molecule has 0 bridgehead atoms. The van der Waals surface area contributed by atoms with Crippen LogP contribution in [0.25, 0.3) is 0 Å². The smallest absolute Gasteiger partial charge is 0.199 e. The number of rotatable bonds is 1. The molecule has 0 aliphatic rings. The van der Waals surface area contributed by atoms with Crippen molar-refractivity contribution >= 4 is 0 Å². The molecule has 0 saturated carbocycles. The molecule has 1 heterocycles. The molecule has 3 heteroatoms. The van der Waals surface area contributed by atoms with Crippen LogP contribution >= 0.6 is 0 Å². The Morgan fingerprint density at radius 1 is 1.00 bits per heavy atom. The molecule has 0 amide bonds. The van der Waals surface area contributed by atoms with Crippen LogP contribution in [-0.4, -0.2) is 14.1 Å². The van der Waals surface area contributed by atoms with E-state index in [0.29, 0.717) is 0 Å². The highest BCUT2D eigenvalue weighted by molar-refractivity contribution is 4.84. The van der Waals surface area contributed by atoms with E-state index >= 15 is 0 Å². The van der Waals surface area contributed by atoms with Crippen LogP contribution < -0.4 is 33.7 Å². The number of hydrogen-bond donors (Lipinski definition) is 0. The fourth-order valence-corrected chi connectivity index (χ4v) is 0.656. The Bertz CT molecular complexity index is 174. The maximum Gasteiger partial charge on any atom is 0.199 e. The van der Waals surface area contributed by atoms with Gasteiger partial charge in [0, 0.05) is 12.1 Å². The Kier molecular flexibility index (Phi) is 4.34. The first kappa shape index (κ1) is 9.68. The summed E-state index contributed by atoms with van der Waals surface area (Å²) in [6.07, 6.45) is 4.00. The Morgan fingerprint density at radius 3 is 1.80 bits per heavy atom. The molecule has 0 radical (unpaired) electrons. The van der Waals surface area contributed by atoms with E-state index in [0.717, 1.165) is 0 Å². The molecule has 0 atom stereocenters. The summed E-state index contributed by atoms with van der Waals surface area (Å²) in [6.45, 7) is 0. The van der Waals surface area contributed by atoms with Crippen molar-refractivity contribution in [1.29, 1.82) is 0 Å². The predicted octanol–water partition coefficient (Wildman–Crippen LogP) is -2.82. The van der Waals surface area contributed by atoms with Gasteiger partial charge in [-0.3, -0.25) is 0 Å². The molecule has 0 aliphatic heterocycles. The Morgan fingerprint density at radius 2 is 1.50 bits per heavy atom. The van der Waals surface area contributed by atoms with Gasteiger partial charge in [0.2, 0.25) is 0 Å². The maximum atomic E-state index is 2.00. The highest BCUT2D eigenvalue weighted by Crippen LogP contribution is 1.74. The molecule has 2 nitrogen and oxygen atoms in total. The van der Waals surface area contributed by atoms with Gasteiger partial charge >= 0.3 is 0 Å². The number of aromatic nitrogens is 1. The fourth-order valence-electron chi connectivity index (χ4n) is 0.656. The minimum atomic E-state index is 0. The van der Waals surface area contributed by atoms with Crippen molar-refractivity contribution in [3.05, 3.63) is 30.6 Å². The molecular formula is C7H11IN2. The summed E-state index contributed by atoms with van der Waals surface area (Å²) >= 11 is 0. The van der Waals surface area contributed by atoms with E-state index in [1.807, 2.05) is 54.4 Å². The average molecular weight is 250 g/mol. The first-order valence-electron chi connectivity index (χ1n) is 2.94. The summed E-state index contributed by atoms with van der Waals surface area (Å²) in [5, 5.41) is 2.00. The minimum Gasteiger partial charge on any atom is -1.00 e. The topological polar surface area (TPSA) is 7.12 Å². The third kappa shape index (κ3) is 2.51. The van der Waals surface area contributed by atoms with Crippen molar-refractivity contribution in [3.63, 3.8) is 0 Å². The molecule has 0 aromatic carbocycles. The van der Waals surface area contributed by atoms with E-state index in [2.05, 4.69) is 0 Å². The normalized spacial score (nSPS) is 8.20. The van der Waals surface area contributed by atoms with Crippen molar-refractivity contribution in [2.45, 2.75) is 0 Å². The van der Waals surface area contributed by atoms with Gasteiger partial charge in [0.15, 0.2) is 12.4 Å². The van der Waals surface area contributed by atoms with Crippen LogP contribution in [0.5, 0.6) is 0 Å². The largest absolute Gasteiger partial charge is 1.00 e. The van der Waals surface area contributed by atoms with E-state index < -0.39 is 0 Å². The van der Waals surface area contributed by atoms with Gasteiger partial charge in [0.1, 0.15) is 0 Å². The first-order valence-corrected chi connectivity index (χ1v) is 2.94. The van der Waals surface area contributed by atoms with E-state index in [1.165, 1.54) is 0 Å². The molecule has 1 aromatic rings. The monoisotopic (exact) mass is 250 g/mol. The zero-order chi connectivity index (χ0) is 6.69. The zero-order valence-electron chi connectivity index (χ0n) is 6.16. The first-order chi connectivity index (χ1) is 4.30. The van der Waals surface area contributed by atoms with Crippen LogP contribution in [0.3, 0.4) is 0 Å². The summed E-state index contributed by atoms with van der Waals surface area (Å²) in [6, 6.07) is 6.00. The molecule has 1 rings (SSSR count). The second-order valence-corrected chi connectivity index (χ2v) is 2.10. The highest BCUT2D eigenvalue weighted by Gasteiger charge is 1.95. The number of halogens is 1. The van der Waals surface area contributed by atoms with Crippen LogP contribution in [0.4, 0.5) is 0 Å². The Hall–Kier alpha value is -0.320. The lowest BCUT2D eigenvalue weighted by atomic mass is 10.5. The lowest BCUT2D eigenvalue weighted by Crippen LogP contribution is -3.00. The molecule has 0 saturated heterocycles. The summed E-state index contributed by atoms with van der Waals surface area (Å²) in [5.74, 6) is 0. The third-order valence-electron chi connectivity index (χ3n) is 1.16. The van der Waals surface area contributed by atoms with Crippen LogP contribution in [0.2, 0.25) is 0 Å². The Labute approximate surface area is 78.5 Å². The van der Waals surface area contributed by atoms with E-state index in [-0.39, 0.29) is 24.0 Å². The SMILES string of the molecule is CN(C)[n+]1ccccc1.[I-]. The zero-order valence-corrected chi connectivity index (χ0v) is 8.32. The lowest BCUT2D eigenvalue weighted by Gasteiger charge is -2.02. The Balaban J connectivity index is 0.000000810. The summed E-state index contributed by atoms with van der Waals surface area (Å²) < 4.78 is 2.00. The van der Waals surface area contributed by atoms with Gasteiger partial charge in [-0.2, -0.15) is 5.01 Å². The van der Waals surface area contributed by atoms with Crippen molar-refractivity contribution in [2.75, 3.05) is 19.1 Å². The molecule has 0 spiro atoms. The quantitative estimate of drug-likeness (QED) is 0.385. The molecule has 0 fully saturated rings. The van der Waals surface area contributed by atoms with Crippen molar-refractivity contribution in [2.24, 2.45) is 0 Å². The maximum absolute atomic E-state index is 2.00. The minimum absolute atomic E-state index is 0. The van der Waals surface area contributed by atoms with Gasteiger partial charge < -0.3 is 24.0 Å². The van der Waals surface area contributed by atoms with Gasteiger partial charge in [-0.25, -0.2) is 0 Å². The van der Waals surface area contributed by atoms with Crippen LogP contribution in [0.1, 0.15) is 0 Å². The summed E-state index contributed by atoms with van der Waals surface area (Å²) in [4.78, 5) is 0. The third-order valence-corrected chi connectivity index (χ3v) is 1.16. The molecule has 0 N–H and O–H groups in total. The molecule has 1 aromatic heterocycles. The molecular weight excluding hydrogens is 239 g/mol. The highest BCUT2D eigenvalue weighted by atomic mass is 127.